The summed E-state index contributed by atoms with van der Waals surface area (Å²) in [5, 5.41) is 12.8. The molecular weight excluding hydrogens is 264 g/mol. The molecule has 0 aromatic heterocycles. The highest BCUT2D eigenvalue weighted by molar-refractivity contribution is 7.99. The van der Waals surface area contributed by atoms with E-state index in [-0.39, 0.29) is 5.54 Å². The van der Waals surface area contributed by atoms with E-state index in [1.807, 2.05) is 18.7 Å². The van der Waals surface area contributed by atoms with Crippen molar-refractivity contribution < 1.29 is 0 Å². The van der Waals surface area contributed by atoms with Gasteiger partial charge in [-0.2, -0.15) is 5.26 Å². The van der Waals surface area contributed by atoms with Crippen LogP contribution in [0.2, 0.25) is 0 Å². The molecule has 1 atom stereocenters. The minimum absolute atomic E-state index is 0.343. The average molecular weight is 288 g/mol. The van der Waals surface area contributed by atoms with Crippen LogP contribution >= 0.6 is 11.8 Å². The third-order valence-corrected chi connectivity index (χ3v) is 5.02. The van der Waals surface area contributed by atoms with Crippen LogP contribution in [-0.2, 0) is 0 Å². The first-order chi connectivity index (χ1) is 9.52. The summed E-state index contributed by atoms with van der Waals surface area (Å²) in [6.07, 6.45) is 4.46. The van der Waals surface area contributed by atoms with Gasteiger partial charge in [-0.3, -0.25) is 5.32 Å². The smallest absolute Gasteiger partial charge is 0.104 e. The number of aryl methyl sites for hydroxylation is 2. The van der Waals surface area contributed by atoms with Gasteiger partial charge in [-0.1, -0.05) is 17.7 Å². The molecule has 2 nitrogen and oxygen atoms in total. The lowest BCUT2D eigenvalue weighted by Crippen LogP contribution is -2.42. The SMILES string of the molecule is Cc1ccc(SCCCC(C)(C#N)NC2CC2)c(C)c1. The lowest BCUT2D eigenvalue weighted by Gasteiger charge is -2.23. The Bertz CT molecular complexity index is 502. The van der Waals surface area contributed by atoms with Crippen LogP contribution in [0.4, 0.5) is 0 Å². The predicted octanol–water partition coefficient (Wildman–Crippen LogP) is 4.21. The molecule has 1 fully saturated rings. The number of nitrogens with one attached hydrogen (secondary N) is 1. The number of benzene rings is 1. The van der Waals surface area contributed by atoms with Crippen LogP contribution in [0.5, 0.6) is 0 Å². The van der Waals surface area contributed by atoms with E-state index in [0.29, 0.717) is 6.04 Å². The van der Waals surface area contributed by atoms with Gasteiger partial charge >= 0.3 is 0 Å². The summed E-state index contributed by atoms with van der Waals surface area (Å²) < 4.78 is 0. The predicted molar refractivity (Wildman–Crippen MR) is 86.0 cm³/mol. The third kappa shape index (κ3) is 4.54. The van der Waals surface area contributed by atoms with E-state index in [2.05, 4.69) is 43.4 Å². The van der Waals surface area contributed by atoms with E-state index >= 15 is 0 Å². The zero-order valence-electron chi connectivity index (χ0n) is 12.7. The fraction of sp³-hybridized carbons (Fsp3) is 0.588. The van der Waals surface area contributed by atoms with Crippen LogP contribution in [0.1, 0.15) is 43.7 Å². The normalized spacial score (nSPS) is 17.5. The second-order valence-electron chi connectivity index (χ2n) is 6.08. The quantitative estimate of drug-likeness (QED) is 0.603. The van der Waals surface area contributed by atoms with E-state index in [0.717, 1.165) is 18.6 Å². The lowest BCUT2D eigenvalue weighted by atomic mass is 9.98. The zero-order chi connectivity index (χ0) is 14.6. The van der Waals surface area contributed by atoms with Crippen LogP contribution in [-0.4, -0.2) is 17.3 Å². The van der Waals surface area contributed by atoms with Gasteiger partial charge in [0.05, 0.1) is 6.07 Å². The molecule has 0 spiro atoms. The first-order valence-corrected chi connectivity index (χ1v) is 8.40. The van der Waals surface area contributed by atoms with Crippen LogP contribution in [0.15, 0.2) is 23.1 Å². The summed E-state index contributed by atoms with van der Waals surface area (Å²) in [5.41, 5.74) is 2.33. The Balaban J connectivity index is 1.76. The van der Waals surface area contributed by atoms with Gasteiger partial charge in [0.2, 0.25) is 0 Å². The second-order valence-corrected chi connectivity index (χ2v) is 7.22. The Morgan fingerprint density at radius 1 is 1.40 bits per heavy atom. The monoisotopic (exact) mass is 288 g/mol. The number of hydrogen-bond acceptors (Lipinski definition) is 3. The summed E-state index contributed by atoms with van der Waals surface area (Å²) in [6, 6.07) is 9.65. The summed E-state index contributed by atoms with van der Waals surface area (Å²) in [5.74, 6) is 1.08. The fourth-order valence-electron chi connectivity index (χ4n) is 2.41. The molecule has 0 aliphatic heterocycles. The fourth-order valence-corrected chi connectivity index (χ4v) is 3.37. The molecule has 0 heterocycles. The third-order valence-electron chi connectivity index (χ3n) is 3.76. The van der Waals surface area contributed by atoms with Gasteiger partial charge in [-0.15, -0.1) is 11.8 Å². The maximum absolute atomic E-state index is 9.33. The molecule has 1 aliphatic carbocycles. The topological polar surface area (TPSA) is 35.8 Å². The number of nitrogens with zero attached hydrogens (tertiary/aromatic N) is 1. The van der Waals surface area contributed by atoms with Crippen molar-refractivity contribution in [3.8, 4) is 6.07 Å². The molecule has 0 radical (unpaired) electrons. The standard InChI is InChI=1S/C17H24N2S/c1-13-5-8-16(14(2)11-13)20-10-4-9-17(3,12-18)19-15-6-7-15/h5,8,11,15,19H,4,6-7,9-10H2,1-3H3. The van der Waals surface area contributed by atoms with Crippen LogP contribution in [0.3, 0.4) is 0 Å². The highest BCUT2D eigenvalue weighted by atomic mass is 32.2. The van der Waals surface area contributed by atoms with E-state index in [1.165, 1.54) is 28.9 Å². The lowest BCUT2D eigenvalue weighted by molar-refractivity contribution is 0.412. The van der Waals surface area contributed by atoms with Crippen molar-refractivity contribution in [2.45, 2.75) is 62.9 Å². The molecule has 2 rings (SSSR count). The van der Waals surface area contributed by atoms with Gasteiger partial charge in [0.15, 0.2) is 0 Å². The number of hydrogen-bond donors (Lipinski definition) is 1. The van der Waals surface area contributed by atoms with Gasteiger partial charge in [-0.05, 0) is 63.8 Å². The van der Waals surface area contributed by atoms with Crippen LogP contribution < -0.4 is 5.32 Å². The maximum Gasteiger partial charge on any atom is 0.104 e. The van der Waals surface area contributed by atoms with E-state index in [4.69, 9.17) is 0 Å². The number of thioether (sulfide) groups is 1. The highest BCUT2D eigenvalue weighted by Crippen LogP contribution is 2.27. The molecule has 0 bridgehead atoms. The molecule has 1 aromatic carbocycles. The van der Waals surface area contributed by atoms with Crippen molar-refractivity contribution >= 4 is 11.8 Å². The second kappa shape index (κ2) is 6.65. The Morgan fingerprint density at radius 2 is 2.15 bits per heavy atom. The summed E-state index contributed by atoms with van der Waals surface area (Å²) in [7, 11) is 0. The minimum atomic E-state index is -0.343. The Labute approximate surface area is 127 Å². The molecule has 1 saturated carbocycles. The average Bonchev–Trinajstić information content (AvgIpc) is 3.20. The van der Waals surface area contributed by atoms with Crippen molar-refractivity contribution in [1.29, 1.82) is 5.26 Å². The van der Waals surface area contributed by atoms with E-state index in [9.17, 15) is 5.26 Å². The molecule has 1 aromatic rings. The summed E-state index contributed by atoms with van der Waals surface area (Å²) >= 11 is 1.90. The van der Waals surface area contributed by atoms with Crippen molar-refractivity contribution in [3.05, 3.63) is 29.3 Å². The van der Waals surface area contributed by atoms with Crippen molar-refractivity contribution in [3.63, 3.8) is 0 Å². The van der Waals surface area contributed by atoms with Gasteiger partial charge in [0.1, 0.15) is 5.54 Å². The highest BCUT2D eigenvalue weighted by Gasteiger charge is 2.31. The van der Waals surface area contributed by atoms with Crippen molar-refractivity contribution in [2.75, 3.05) is 5.75 Å². The van der Waals surface area contributed by atoms with E-state index in [1.54, 1.807) is 0 Å². The Morgan fingerprint density at radius 3 is 2.75 bits per heavy atom. The van der Waals surface area contributed by atoms with Gasteiger partial charge in [-0.25, -0.2) is 0 Å². The molecule has 1 aliphatic rings. The molecule has 0 amide bonds. The molecule has 1 unspecified atom stereocenters. The van der Waals surface area contributed by atoms with Crippen molar-refractivity contribution in [2.24, 2.45) is 0 Å². The maximum atomic E-state index is 9.33. The van der Waals surface area contributed by atoms with Gasteiger partial charge in [0, 0.05) is 10.9 Å². The molecule has 20 heavy (non-hydrogen) atoms. The zero-order valence-corrected chi connectivity index (χ0v) is 13.5. The van der Waals surface area contributed by atoms with Crippen LogP contribution in [0, 0.1) is 25.2 Å². The summed E-state index contributed by atoms with van der Waals surface area (Å²) in [6.45, 7) is 6.33. The van der Waals surface area contributed by atoms with Gasteiger partial charge < -0.3 is 0 Å². The Kier molecular flexibility index (Phi) is 5.12. The molecule has 1 N–H and O–H groups in total. The van der Waals surface area contributed by atoms with Crippen molar-refractivity contribution in [1.82, 2.24) is 5.32 Å². The first-order valence-electron chi connectivity index (χ1n) is 7.41. The first kappa shape index (κ1) is 15.4. The molecular formula is C17H24N2S. The number of nitriles is 1. The van der Waals surface area contributed by atoms with Crippen LogP contribution in [0.25, 0.3) is 0 Å². The molecule has 3 heteroatoms. The molecule has 0 saturated heterocycles. The Hall–Kier alpha value is -0.980. The summed E-state index contributed by atoms with van der Waals surface area (Å²) in [4.78, 5) is 1.37. The largest absolute Gasteiger partial charge is 0.297 e. The minimum Gasteiger partial charge on any atom is -0.297 e. The number of rotatable bonds is 7. The van der Waals surface area contributed by atoms with E-state index < -0.39 is 0 Å². The van der Waals surface area contributed by atoms with Gasteiger partial charge in [0.25, 0.3) is 0 Å². The molecule has 108 valence electrons.